The number of amides is 2. The molecule has 0 aliphatic rings. The van der Waals surface area contributed by atoms with E-state index in [0.717, 1.165) is 4.88 Å². The zero-order chi connectivity index (χ0) is 14.4. The summed E-state index contributed by atoms with van der Waals surface area (Å²) in [5.74, 6) is -0.401. The summed E-state index contributed by atoms with van der Waals surface area (Å²) in [6.07, 6.45) is 0. The Morgan fingerprint density at radius 3 is 2.47 bits per heavy atom. The number of esters is 1. The number of anilines is 1. The molecule has 0 aliphatic heterocycles. The predicted molar refractivity (Wildman–Crippen MR) is 77.0 cm³/mol. The fourth-order valence-corrected chi connectivity index (χ4v) is 2.54. The Morgan fingerprint density at radius 1 is 1.32 bits per heavy atom. The van der Waals surface area contributed by atoms with Gasteiger partial charge in [-0.05, 0) is 33.8 Å². The maximum Gasteiger partial charge on any atom is 0.341 e. The van der Waals surface area contributed by atoms with E-state index < -0.39 is 5.97 Å². The summed E-state index contributed by atoms with van der Waals surface area (Å²) >= 11 is 1.38. The first-order valence-electron chi connectivity index (χ1n) is 6.36. The Balaban J connectivity index is 2.89. The van der Waals surface area contributed by atoms with E-state index in [0.29, 0.717) is 30.3 Å². The van der Waals surface area contributed by atoms with E-state index >= 15 is 0 Å². The van der Waals surface area contributed by atoms with Gasteiger partial charge in [-0.2, -0.15) is 0 Å². The summed E-state index contributed by atoms with van der Waals surface area (Å²) in [6.45, 7) is 9.04. The van der Waals surface area contributed by atoms with Crippen molar-refractivity contribution >= 4 is 28.3 Å². The molecule has 0 unspecified atom stereocenters. The van der Waals surface area contributed by atoms with E-state index in [1.165, 1.54) is 11.3 Å². The lowest BCUT2D eigenvalue weighted by atomic mass is 10.3. The van der Waals surface area contributed by atoms with Crippen LogP contribution in [0.3, 0.4) is 0 Å². The van der Waals surface area contributed by atoms with Crippen molar-refractivity contribution in [3.63, 3.8) is 0 Å². The predicted octanol–water partition coefficient (Wildman–Crippen LogP) is 3.11. The quantitative estimate of drug-likeness (QED) is 0.845. The van der Waals surface area contributed by atoms with Crippen LogP contribution in [0.15, 0.2) is 6.07 Å². The van der Waals surface area contributed by atoms with Crippen LogP contribution in [0.4, 0.5) is 9.80 Å². The lowest BCUT2D eigenvalue weighted by molar-refractivity contribution is 0.0528. The number of nitrogens with zero attached hydrogens (tertiary/aromatic N) is 1. The fraction of sp³-hybridized carbons (Fsp3) is 0.538. The highest BCUT2D eigenvalue weighted by Gasteiger charge is 2.19. The Morgan fingerprint density at radius 2 is 1.95 bits per heavy atom. The van der Waals surface area contributed by atoms with Gasteiger partial charge in [-0.3, -0.25) is 5.32 Å². The van der Waals surface area contributed by atoms with Crippen LogP contribution in [-0.2, 0) is 4.74 Å². The SMILES string of the molecule is CCOC(=O)c1cc(C)sc1NC(=O)N(CC)CC. The van der Waals surface area contributed by atoms with E-state index in [4.69, 9.17) is 4.74 Å². The Labute approximate surface area is 117 Å². The molecule has 2 amide bonds. The monoisotopic (exact) mass is 284 g/mol. The first kappa shape index (κ1) is 15.5. The summed E-state index contributed by atoms with van der Waals surface area (Å²) < 4.78 is 4.98. The van der Waals surface area contributed by atoms with E-state index in [1.54, 1.807) is 17.9 Å². The van der Waals surface area contributed by atoms with Crippen LogP contribution >= 0.6 is 11.3 Å². The van der Waals surface area contributed by atoms with Gasteiger partial charge in [0.15, 0.2) is 0 Å². The molecule has 0 aromatic carbocycles. The molecule has 0 radical (unpaired) electrons. The second-order valence-corrected chi connectivity index (χ2v) is 5.18. The average Bonchev–Trinajstić information content (AvgIpc) is 2.72. The van der Waals surface area contributed by atoms with Crippen molar-refractivity contribution in [2.24, 2.45) is 0 Å². The number of carbonyl (C=O) groups excluding carboxylic acids is 2. The summed E-state index contributed by atoms with van der Waals surface area (Å²) in [7, 11) is 0. The fourth-order valence-electron chi connectivity index (χ4n) is 1.65. The van der Waals surface area contributed by atoms with Gasteiger partial charge in [0.2, 0.25) is 0 Å². The van der Waals surface area contributed by atoms with Crippen LogP contribution in [0.1, 0.15) is 36.0 Å². The van der Waals surface area contributed by atoms with Crippen molar-refractivity contribution in [2.75, 3.05) is 25.0 Å². The Hall–Kier alpha value is -1.56. The van der Waals surface area contributed by atoms with Crippen LogP contribution in [0, 0.1) is 6.92 Å². The number of nitrogens with one attached hydrogen (secondary N) is 1. The van der Waals surface area contributed by atoms with E-state index in [1.807, 2.05) is 20.8 Å². The number of rotatable bonds is 5. The van der Waals surface area contributed by atoms with Gasteiger partial charge in [-0.25, -0.2) is 9.59 Å². The molecule has 0 atom stereocenters. The minimum atomic E-state index is -0.401. The molecule has 1 aromatic rings. The molecule has 0 saturated carbocycles. The van der Waals surface area contributed by atoms with E-state index in [2.05, 4.69) is 5.32 Å². The molecule has 1 rings (SSSR count). The number of thiophene rings is 1. The van der Waals surface area contributed by atoms with Crippen LogP contribution in [0.25, 0.3) is 0 Å². The molecule has 1 heterocycles. The van der Waals surface area contributed by atoms with Gasteiger partial charge in [0, 0.05) is 18.0 Å². The third-order valence-corrected chi connectivity index (χ3v) is 3.59. The molecule has 1 aromatic heterocycles. The van der Waals surface area contributed by atoms with Crippen LogP contribution < -0.4 is 5.32 Å². The second kappa shape index (κ2) is 7.13. The van der Waals surface area contributed by atoms with Crippen molar-refractivity contribution < 1.29 is 14.3 Å². The van der Waals surface area contributed by atoms with Crippen LogP contribution in [0.5, 0.6) is 0 Å². The molecule has 5 nitrogen and oxygen atoms in total. The Kier molecular flexibility index (Phi) is 5.82. The highest BCUT2D eigenvalue weighted by molar-refractivity contribution is 7.16. The number of carbonyl (C=O) groups is 2. The number of hydrogen-bond acceptors (Lipinski definition) is 4. The largest absolute Gasteiger partial charge is 0.462 e. The van der Waals surface area contributed by atoms with E-state index in [9.17, 15) is 9.59 Å². The first-order chi connectivity index (χ1) is 9.03. The summed E-state index contributed by atoms with van der Waals surface area (Å²) in [6, 6.07) is 1.54. The molecule has 0 aliphatic carbocycles. The minimum absolute atomic E-state index is 0.197. The molecular weight excluding hydrogens is 264 g/mol. The third kappa shape index (κ3) is 3.96. The molecule has 19 heavy (non-hydrogen) atoms. The summed E-state index contributed by atoms with van der Waals surface area (Å²) in [5.41, 5.74) is 0.421. The zero-order valence-electron chi connectivity index (χ0n) is 11.8. The van der Waals surface area contributed by atoms with Gasteiger partial charge in [0.1, 0.15) is 5.00 Å². The molecule has 6 heteroatoms. The van der Waals surface area contributed by atoms with E-state index in [-0.39, 0.29) is 6.03 Å². The van der Waals surface area contributed by atoms with Gasteiger partial charge < -0.3 is 9.64 Å². The van der Waals surface area contributed by atoms with Crippen LogP contribution in [-0.4, -0.2) is 36.6 Å². The summed E-state index contributed by atoms with van der Waals surface area (Å²) in [4.78, 5) is 26.4. The number of aryl methyl sites for hydroxylation is 1. The highest BCUT2D eigenvalue weighted by Crippen LogP contribution is 2.28. The van der Waals surface area contributed by atoms with Crippen molar-refractivity contribution in [1.82, 2.24) is 4.90 Å². The highest BCUT2D eigenvalue weighted by atomic mass is 32.1. The van der Waals surface area contributed by atoms with Crippen molar-refractivity contribution in [3.8, 4) is 0 Å². The molecule has 0 fully saturated rings. The maximum absolute atomic E-state index is 12.0. The van der Waals surface area contributed by atoms with Crippen LogP contribution in [0.2, 0.25) is 0 Å². The molecular formula is C13H20N2O3S. The average molecular weight is 284 g/mol. The molecule has 106 valence electrons. The minimum Gasteiger partial charge on any atom is -0.462 e. The van der Waals surface area contributed by atoms with Gasteiger partial charge in [-0.1, -0.05) is 0 Å². The van der Waals surface area contributed by atoms with Crippen molar-refractivity contribution in [1.29, 1.82) is 0 Å². The van der Waals surface area contributed by atoms with Crippen molar-refractivity contribution in [3.05, 3.63) is 16.5 Å². The zero-order valence-corrected chi connectivity index (χ0v) is 12.6. The Bertz CT molecular complexity index is 453. The number of hydrogen-bond donors (Lipinski definition) is 1. The van der Waals surface area contributed by atoms with Crippen molar-refractivity contribution in [2.45, 2.75) is 27.7 Å². The molecule has 0 spiro atoms. The first-order valence-corrected chi connectivity index (χ1v) is 7.18. The number of ether oxygens (including phenoxy) is 1. The normalized spacial score (nSPS) is 10.1. The number of urea groups is 1. The molecule has 1 N–H and O–H groups in total. The van der Waals surface area contributed by atoms with Gasteiger partial charge in [-0.15, -0.1) is 11.3 Å². The molecule has 0 bridgehead atoms. The standard InChI is InChI=1S/C13H20N2O3S/c1-5-15(6-2)13(17)14-11-10(8-9(4)19-11)12(16)18-7-3/h8H,5-7H2,1-4H3,(H,14,17). The third-order valence-electron chi connectivity index (χ3n) is 2.62. The second-order valence-electron chi connectivity index (χ2n) is 3.92. The van der Waals surface area contributed by atoms with Gasteiger partial charge in [0.25, 0.3) is 0 Å². The molecule has 0 saturated heterocycles. The smallest absolute Gasteiger partial charge is 0.341 e. The lowest BCUT2D eigenvalue weighted by Gasteiger charge is -2.18. The maximum atomic E-state index is 12.0. The summed E-state index contributed by atoms with van der Waals surface area (Å²) in [5, 5.41) is 3.33. The lowest BCUT2D eigenvalue weighted by Crippen LogP contribution is -2.34. The topological polar surface area (TPSA) is 58.6 Å². The van der Waals surface area contributed by atoms with Gasteiger partial charge >= 0.3 is 12.0 Å². The van der Waals surface area contributed by atoms with Gasteiger partial charge in [0.05, 0.1) is 12.2 Å².